The fourth-order valence-corrected chi connectivity index (χ4v) is 4.68. The Morgan fingerprint density at radius 1 is 1.28 bits per heavy atom. The molecule has 1 aromatic carbocycles. The van der Waals surface area contributed by atoms with Crippen molar-refractivity contribution in [3.63, 3.8) is 0 Å². The van der Waals surface area contributed by atoms with E-state index in [1.807, 2.05) is 30.3 Å². The summed E-state index contributed by atoms with van der Waals surface area (Å²) in [7, 11) is -1.89. The van der Waals surface area contributed by atoms with Crippen LogP contribution in [0.1, 0.15) is 24.8 Å². The van der Waals surface area contributed by atoms with Crippen LogP contribution in [0.3, 0.4) is 0 Å². The number of sulfonamides is 1. The lowest BCUT2D eigenvalue weighted by Crippen LogP contribution is -2.42. The van der Waals surface area contributed by atoms with E-state index >= 15 is 0 Å². The summed E-state index contributed by atoms with van der Waals surface area (Å²) in [6.07, 6.45) is 5.57. The first kappa shape index (κ1) is 17.8. The molecule has 1 saturated heterocycles. The van der Waals surface area contributed by atoms with Crippen LogP contribution in [0.25, 0.3) is 0 Å². The highest BCUT2D eigenvalue weighted by atomic mass is 32.2. The first-order valence-corrected chi connectivity index (χ1v) is 9.95. The fourth-order valence-electron chi connectivity index (χ4n) is 3.19. The van der Waals surface area contributed by atoms with Crippen molar-refractivity contribution in [3.8, 4) is 0 Å². The number of benzene rings is 1. The van der Waals surface area contributed by atoms with E-state index < -0.39 is 10.0 Å². The molecule has 1 aliphatic rings. The van der Waals surface area contributed by atoms with Gasteiger partial charge >= 0.3 is 0 Å². The van der Waals surface area contributed by atoms with E-state index in [1.54, 1.807) is 11.6 Å². The van der Waals surface area contributed by atoms with Gasteiger partial charge in [0, 0.05) is 38.7 Å². The minimum Gasteiger partial charge on any atom is -0.339 e. The van der Waals surface area contributed by atoms with Crippen LogP contribution in [0.4, 0.5) is 0 Å². The van der Waals surface area contributed by atoms with Gasteiger partial charge < -0.3 is 4.57 Å². The summed E-state index contributed by atoms with van der Waals surface area (Å²) in [6, 6.07) is 9.88. The Kier molecular flexibility index (Phi) is 5.34. The second kappa shape index (κ2) is 7.49. The van der Waals surface area contributed by atoms with Crippen LogP contribution in [-0.2, 0) is 28.3 Å². The SMILES string of the molecule is Cn1cnc(S(=O)(=O)N2CCC[C@@H](C(=O)CCc3ccccc3)C2)c1. The topological polar surface area (TPSA) is 72.3 Å². The molecule has 1 aliphatic heterocycles. The van der Waals surface area contributed by atoms with Crippen molar-refractivity contribution < 1.29 is 13.2 Å². The number of ketones is 1. The van der Waals surface area contributed by atoms with E-state index in [2.05, 4.69) is 4.98 Å². The van der Waals surface area contributed by atoms with Gasteiger partial charge in [0.2, 0.25) is 0 Å². The molecule has 3 rings (SSSR count). The van der Waals surface area contributed by atoms with Gasteiger partial charge in [-0.25, -0.2) is 13.4 Å². The van der Waals surface area contributed by atoms with E-state index in [4.69, 9.17) is 0 Å². The van der Waals surface area contributed by atoms with Crippen molar-refractivity contribution in [2.24, 2.45) is 13.0 Å². The highest BCUT2D eigenvalue weighted by Crippen LogP contribution is 2.24. The van der Waals surface area contributed by atoms with Crippen LogP contribution >= 0.6 is 0 Å². The highest BCUT2D eigenvalue weighted by molar-refractivity contribution is 7.89. The van der Waals surface area contributed by atoms with Crippen LogP contribution in [0.2, 0.25) is 0 Å². The Morgan fingerprint density at radius 3 is 2.72 bits per heavy atom. The van der Waals surface area contributed by atoms with Gasteiger partial charge in [-0.05, 0) is 24.8 Å². The third kappa shape index (κ3) is 4.16. The summed E-state index contributed by atoms with van der Waals surface area (Å²) in [5.41, 5.74) is 1.13. The van der Waals surface area contributed by atoms with E-state index in [0.717, 1.165) is 12.0 Å². The summed E-state index contributed by atoms with van der Waals surface area (Å²) in [4.78, 5) is 16.5. The van der Waals surface area contributed by atoms with E-state index in [-0.39, 0.29) is 23.3 Å². The number of aryl methyl sites for hydroxylation is 2. The molecule has 1 atom stereocenters. The molecule has 2 heterocycles. The number of aromatic nitrogens is 2. The standard InChI is InChI=1S/C18H23N3O3S/c1-20-13-18(19-14-20)25(23,24)21-11-5-8-16(12-21)17(22)10-9-15-6-3-2-4-7-15/h2-4,6-7,13-14,16H,5,8-12H2,1H3/t16-/m1/s1. The van der Waals surface area contributed by atoms with Gasteiger partial charge in [-0.1, -0.05) is 30.3 Å². The Bertz CT molecular complexity index is 830. The molecule has 134 valence electrons. The molecule has 1 aromatic heterocycles. The lowest BCUT2D eigenvalue weighted by atomic mass is 9.91. The van der Waals surface area contributed by atoms with E-state index in [1.165, 1.54) is 16.8 Å². The highest BCUT2D eigenvalue weighted by Gasteiger charge is 2.34. The summed E-state index contributed by atoms with van der Waals surface area (Å²) in [5, 5.41) is 0.0485. The molecule has 0 aliphatic carbocycles. The first-order valence-electron chi connectivity index (χ1n) is 8.51. The van der Waals surface area contributed by atoms with Crippen LogP contribution in [0.5, 0.6) is 0 Å². The summed E-state index contributed by atoms with van der Waals surface area (Å²) >= 11 is 0. The average Bonchev–Trinajstić information content (AvgIpc) is 3.08. The summed E-state index contributed by atoms with van der Waals surface area (Å²) in [5.74, 6) is -0.0827. The zero-order chi connectivity index (χ0) is 17.9. The second-order valence-electron chi connectivity index (χ2n) is 6.53. The average molecular weight is 361 g/mol. The van der Waals surface area contributed by atoms with Crippen molar-refractivity contribution in [1.29, 1.82) is 0 Å². The molecule has 1 fully saturated rings. The normalized spacial score (nSPS) is 19.0. The molecule has 0 radical (unpaired) electrons. The molecule has 0 unspecified atom stereocenters. The number of piperidine rings is 1. The Morgan fingerprint density at radius 2 is 2.04 bits per heavy atom. The Labute approximate surface area is 148 Å². The maximum atomic E-state index is 12.7. The molecule has 6 nitrogen and oxygen atoms in total. The van der Waals surface area contributed by atoms with E-state index in [0.29, 0.717) is 25.8 Å². The molecule has 0 bridgehead atoms. The minimum absolute atomic E-state index is 0.0485. The monoisotopic (exact) mass is 361 g/mol. The second-order valence-corrected chi connectivity index (χ2v) is 8.42. The van der Waals surface area contributed by atoms with Crippen molar-refractivity contribution in [1.82, 2.24) is 13.9 Å². The van der Waals surface area contributed by atoms with Gasteiger partial charge in [0.05, 0.1) is 6.33 Å². The zero-order valence-electron chi connectivity index (χ0n) is 14.3. The summed E-state index contributed by atoms with van der Waals surface area (Å²) < 4.78 is 28.4. The fraction of sp³-hybridized carbons (Fsp3) is 0.444. The molecule has 0 spiro atoms. The van der Waals surface area contributed by atoms with Crippen molar-refractivity contribution in [2.45, 2.75) is 30.7 Å². The van der Waals surface area contributed by atoms with Crippen molar-refractivity contribution >= 4 is 15.8 Å². The van der Waals surface area contributed by atoms with Crippen molar-refractivity contribution in [3.05, 3.63) is 48.4 Å². The number of nitrogens with zero attached hydrogens (tertiary/aromatic N) is 3. The number of rotatable bonds is 6. The lowest BCUT2D eigenvalue weighted by molar-refractivity contribution is -0.123. The summed E-state index contributed by atoms with van der Waals surface area (Å²) in [6.45, 7) is 0.702. The van der Waals surface area contributed by atoms with Crippen molar-refractivity contribution in [2.75, 3.05) is 13.1 Å². The van der Waals surface area contributed by atoms with Gasteiger partial charge in [0.1, 0.15) is 5.78 Å². The molecular formula is C18H23N3O3S. The number of carbonyl (C=O) groups is 1. The van der Waals surface area contributed by atoms with Gasteiger partial charge in [-0.15, -0.1) is 0 Å². The number of carbonyl (C=O) groups excluding carboxylic acids is 1. The molecular weight excluding hydrogens is 338 g/mol. The third-order valence-corrected chi connectivity index (χ3v) is 6.38. The largest absolute Gasteiger partial charge is 0.339 e. The predicted octanol–water partition coefficient (Wildman–Crippen LogP) is 2.02. The number of Topliss-reactive ketones (excluding diaryl/α,β-unsaturated/α-hetero) is 1. The van der Waals surface area contributed by atoms with Gasteiger partial charge in [-0.3, -0.25) is 4.79 Å². The molecule has 2 aromatic rings. The third-order valence-electron chi connectivity index (χ3n) is 4.63. The molecule has 0 N–H and O–H groups in total. The smallest absolute Gasteiger partial charge is 0.262 e. The Hall–Kier alpha value is -1.99. The van der Waals surface area contributed by atoms with Crippen LogP contribution in [0.15, 0.2) is 47.9 Å². The molecule has 0 amide bonds. The van der Waals surface area contributed by atoms with E-state index in [9.17, 15) is 13.2 Å². The first-order chi connectivity index (χ1) is 12.0. The minimum atomic E-state index is -3.63. The van der Waals surface area contributed by atoms with Crippen LogP contribution < -0.4 is 0 Å². The number of hydrogen-bond acceptors (Lipinski definition) is 4. The predicted molar refractivity (Wildman–Crippen MR) is 94.5 cm³/mol. The maximum Gasteiger partial charge on any atom is 0.262 e. The zero-order valence-corrected chi connectivity index (χ0v) is 15.2. The Balaban J connectivity index is 1.63. The maximum absolute atomic E-state index is 12.7. The molecule has 0 saturated carbocycles. The lowest BCUT2D eigenvalue weighted by Gasteiger charge is -2.30. The quantitative estimate of drug-likeness (QED) is 0.789. The number of hydrogen-bond donors (Lipinski definition) is 0. The number of imidazole rings is 1. The van der Waals surface area contributed by atoms with Gasteiger partial charge in [0.25, 0.3) is 10.0 Å². The molecule has 25 heavy (non-hydrogen) atoms. The van der Waals surface area contributed by atoms with Crippen LogP contribution in [0, 0.1) is 5.92 Å². The van der Waals surface area contributed by atoms with Gasteiger partial charge in [0.15, 0.2) is 5.03 Å². The van der Waals surface area contributed by atoms with Crippen LogP contribution in [-0.4, -0.2) is 41.1 Å². The molecule has 7 heteroatoms. The van der Waals surface area contributed by atoms with Gasteiger partial charge in [-0.2, -0.15) is 4.31 Å².